The molecule has 1 aliphatic rings. The molecule has 2 atom stereocenters. The summed E-state index contributed by atoms with van der Waals surface area (Å²) >= 11 is 0. The molecule has 1 unspecified atom stereocenters. The summed E-state index contributed by atoms with van der Waals surface area (Å²) in [5.74, 6) is 0. The maximum Gasteiger partial charge on any atom is 0.410 e. The zero-order chi connectivity index (χ0) is 15.5. The van der Waals surface area contributed by atoms with Crippen molar-refractivity contribution >= 4 is 6.09 Å². The second kappa shape index (κ2) is 6.43. The molecular formula is C16H25N3O2. The van der Waals surface area contributed by atoms with E-state index in [2.05, 4.69) is 17.2 Å². The van der Waals surface area contributed by atoms with Gasteiger partial charge in [0.05, 0.1) is 5.69 Å². The predicted octanol–water partition coefficient (Wildman–Crippen LogP) is 2.74. The average Bonchev–Trinajstić information content (AvgIpc) is 2.86. The standard InChI is InChI=1S/C16H25N3O2/c1-12(14-7-5-6-9-17-14)18-13-8-10-19(11-13)15(20)21-16(2,3)4/h5-7,9,12-13,18H,8,10-11H2,1-4H3/t12-,13?/m0/s1. The summed E-state index contributed by atoms with van der Waals surface area (Å²) in [7, 11) is 0. The fourth-order valence-corrected chi connectivity index (χ4v) is 2.46. The summed E-state index contributed by atoms with van der Waals surface area (Å²) in [6.45, 7) is 9.19. The van der Waals surface area contributed by atoms with Gasteiger partial charge in [0, 0.05) is 31.4 Å². The van der Waals surface area contributed by atoms with Gasteiger partial charge >= 0.3 is 6.09 Å². The molecule has 1 saturated heterocycles. The minimum atomic E-state index is -0.441. The Kier molecular flexibility index (Phi) is 4.83. The summed E-state index contributed by atoms with van der Waals surface area (Å²) in [5.41, 5.74) is 0.581. The van der Waals surface area contributed by atoms with Crippen LogP contribution in [0.4, 0.5) is 4.79 Å². The van der Waals surface area contributed by atoms with Gasteiger partial charge in [-0.05, 0) is 46.2 Å². The lowest BCUT2D eigenvalue weighted by atomic mass is 10.1. The van der Waals surface area contributed by atoms with E-state index in [1.54, 1.807) is 11.1 Å². The Labute approximate surface area is 126 Å². The van der Waals surface area contributed by atoms with Crippen molar-refractivity contribution in [3.05, 3.63) is 30.1 Å². The van der Waals surface area contributed by atoms with Crippen LogP contribution in [0, 0.1) is 0 Å². The molecule has 21 heavy (non-hydrogen) atoms. The number of likely N-dealkylation sites (tertiary alicyclic amines) is 1. The van der Waals surface area contributed by atoms with Gasteiger partial charge in [-0.15, -0.1) is 0 Å². The number of pyridine rings is 1. The molecule has 0 radical (unpaired) electrons. The molecule has 0 saturated carbocycles. The molecule has 1 aromatic rings. The number of carbonyl (C=O) groups is 1. The van der Waals surface area contributed by atoms with Crippen LogP contribution in [0.2, 0.25) is 0 Å². The normalized spacial score (nSPS) is 20.4. The van der Waals surface area contributed by atoms with Crippen LogP contribution < -0.4 is 5.32 Å². The lowest BCUT2D eigenvalue weighted by Crippen LogP contribution is -2.39. The lowest BCUT2D eigenvalue weighted by Gasteiger charge is -2.25. The van der Waals surface area contributed by atoms with Crippen LogP contribution in [0.25, 0.3) is 0 Å². The maximum absolute atomic E-state index is 12.0. The van der Waals surface area contributed by atoms with Gasteiger partial charge < -0.3 is 15.0 Å². The average molecular weight is 291 g/mol. The van der Waals surface area contributed by atoms with Crippen LogP contribution in [0.5, 0.6) is 0 Å². The van der Waals surface area contributed by atoms with E-state index in [9.17, 15) is 4.79 Å². The number of hydrogen-bond acceptors (Lipinski definition) is 4. The monoisotopic (exact) mass is 291 g/mol. The van der Waals surface area contributed by atoms with Gasteiger partial charge in [0.2, 0.25) is 0 Å². The molecule has 1 aliphatic heterocycles. The number of amides is 1. The largest absolute Gasteiger partial charge is 0.444 e. The van der Waals surface area contributed by atoms with E-state index in [0.717, 1.165) is 18.7 Å². The fraction of sp³-hybridized carbons (Fsp3) is 0.625. The highest BCUT2D eigenvalue weighted by atomic mass is 16.6. The molecule has 0 bridgehead atoms. The molecule has 1 N–H and O–H groups in total. The van der Waals surface area contributed by atoms with Crippen molar-refractivity contribution in [2.75, 3.05) is 13.1 Å². The van der Waals surface area contributed by atoms with E-state index in [1.807, 2.05) is 39.0 Å². The van der Waals surface area contributed by atoms with Crippen molar-refractivity contribution in [2.45, 2.75) is 51.8 Å². The van der Waals surface area contributed by atoms with E-state index in [4.69, 9.17) is 4.74 Å². The SMILES string of the molecule is C[C@H](NC1CCN(C(=O)OC(C)(C)C)C1)c1ccccn1. The minimum absolute atomic E-state index is 0.176. The highest BCUT2D eigenvalue weighted by Crippen LogP contribution is 2.18. The Bertz CT molecular complexity index is 470. The van der Waals surface area contributed by atoms with Crippen LogP contribution in [0.3, 0.4) is 0 Å². The third-order valence-electron chi connectivity index (χ3n) is 3.46. The number of ether oxygens (including phenoxy) is 1. The number of nitrogens with zero attached hydrogens (tertiary/aromatic N) is 2. The van der Waals surface area contributed by atoms with Gasteiger partial charge in [-0.3, -0.25) is 4.98 Å². The van der Waals surface area contributed by atoms with Crippen molar-refractivity contribution < 1.29 is 9.53 Å². The molecule has 0 spiro atoms. The van der Waals surface area contributed by atoms with Crippen molar-refractivity contribution in [1.82, 2.24) is 15.2 Å². The van der Waals surface area contributed by atoms with Crippen LogP contribution in [0.15, 0.2) is 24.4 Å². The van der Waals surface area contributed by atoms with Crippen molar-refractivity contribution in [1.29, 1.82) is 0 Å². The summed E-state index contributed by atoms with van der Waals surface area (Å²) in [6.07, 6.45) is 2.52. The molecule has 1 fully saturated rings. The minimum Gasteiger partial charge on any atom is -0.444 e. The Morgan fingerprint density at radius 2 is 2.24 bits per heavy atom. The fourth-order valence-electron chi connectivity index (χ4n) is 2.46. The summed E-state index contributed by atoms with van der Waals surface area (Å²) in [5, 5.41) is 3.53. The number of rotatable bonds is 3. The molecule has 1 amide bonds. The van der Waals surface area contributed by atoms with Gasteiger partial charge in [-0.2, -0.15) is 0 Å². The van der Waals surface area contributed by atoms with E-state index in [-0.39, 0.29) is 18.2 Å². The van der Waals surface area contributed by atoms with Crippen LogP contribution in [-0.4, -0.2) is 40.7 Å². The van der Waals surface area contributed by atoms with Gasteiger partial charge in [-0.1, -0.05) is 6.07 Å². The molecule has 0 aliphatic carbocycles. The molecule has 1 aromatic heterocycles. The third-order valence-corrected chi connectivity index (χ3v) is 3.46. The maximum atomic E-state index is 12.0. The van der Waals surface area contributed by atoms with E-state index >= 15 is 0 Å². The topological polar surface area (TPSA) is 54.5 Å². The number of nitrogens with one attached hydrogen (secondary N) is 1. The molecule has 2 rings (SSSR count). The molecular weight excluding hydrogens is 266 g/mol. The summed E-state index contributed by atoms with van der Waals surface area (Å²) < 4.78 is 5.41. The second-order valence-electron chi connectivity index (χ2n) is 6.55. The smallest absolute Gasteiger partial charge is 0.410 e. The quantitative estimate of drug-likeness (QED) is 0.930. The van der Waals surface area contributed by atoms with Gasteiger partial charge in [0.25, 0.3) is 0 Å². The van der Waals surface area contributed by atoms with Crippen molar-refractivity contribution in [3.63, 3.8) is 0 Å². The van der Waals surface area contributed by atoms with Gasteiger partial charge in [0.15, 0.2) is 0 Å². The van der Waals surface area contributed by atoms with Crippen LogP contribution in [-0.2, 0) is 4.74 Å². The Balaban J connectivity index is 1.84. The van der Waals surface area contributed by atoms with Crippen LogP contribution >= 0.6 is 0 Å². The molecule has 5 nitrogen and oxygen atoms in total. The van der Waals surface area contributed by atoms with E-state index in [1.165, 1.54) is 0 Å². The summed E-state index contributed by atoms with van der Waals surface area (Å²) in [6, 6.07) is 6.38. The highest BCUT2D eigenvalue weighted by molar-refractivity contribution is 5.68. The molecule has 5 heteroatoms. The van der Waals surface area contributed by atoms with E-state index in [0.29, 0.717) is 6.54 Å². The Hall–Kier alpha value is -1.62. The van der Waals surface area contributed by atoms with E-state index < -0.39 is 5.60 Å². The van der Waals surface area contributed by atoms with Crippen LogP contribution in [0.1, 0.15) is 45.9 Å². The molecule has 116 valence electrons. The van der Waals surface area contributed by atoms with Crippen molar-refractivity contribution in [2.24, 2.45) is 0 Å². The first-order valence-electron chi connectivity index (χ1n) is 7.50. The van der Waals surface area contributed by atoms with Gasteiger partial charge in [0.1, 0.15) is 5.60 Å². The number of carbonyl (C=O) groups excluding carboxylic acids is 1. The number of hydrogen-bond donors (Lipinski definition) is 1. The zero-order valence-electron chi connectivity index (χ0n) is 13.3. The van der Waals surface area contributed by atoms with Gasteiger partial charge in [-0.25, -0.2) is 4.79 Å². The first kappa shape index (κ1) is 15.8. The molecule has 2 heterocycles. The highest BCUT2D eigenvalue weighted by Gasteiger charge is 2.30. The first-order valence-corrected chi connectivity index (χ1v) is 7.50. The number of aromatic nitrogens is 1. The Morgan fingerprint density at radius 3 is 2.86 bits per heavy atom. The second-order valence-corrected chi connectivity index (χ2v) is 6.55. The van der Waals surface area contributed by atoms with Crippen molar-refractivity contribution in [3.8, 4) is 0 Å². The third kappa shape index (κ3) is 4.70. The Morgan fingerprint density at radius 1 is 1.48 bits per heavy atom. The predicted molar refractivity (Wildman–Crippen MR) is 82.0 cm³/mol. The zero-order valence-corrected chi connectivity index (χ0v) is 13.3. The first-order chi connectivity index (χ1) is 9.85. The summed E-state index contributed by atoms with van der Waals surface area (Å²) in [4.78, 5) is 18.2. The lowest BCUT2D eigenvalue weighted by molar-refractivity contribution is 0.0290. The molecule has 0 aromatic carbocycles.